The van der Waals surface area contributed by atoms with Crippen LogP contribution < -0.4 is 24.3 Å². The molecule has 1 aliphatic heterocycles. The molecule has 1 fully saturated rings. The standard InChI is InChI=1S/C21H21NO5S2/c1-24-15-6-3-4-7-16(15)26-10-5-11-27-17-9-8-14(12-18(17)25-2)13-19-20(23)22-21(28)29-19/h3-4,6-9,12-13H,5,10-11H2,1-2H3,(H,22,23,28). The molecule has 3 rings (SSSR count). The molecular weight excluding hydrogens is 410 g/mol. The van der Waals surface area contributed by atoms with Crippen molar-refractivity contribution < 1.29 is 23.7 Å². The summed E-state index contributed by atoms with van der Waals surface area (Å²) >= 11 is 6.24. The molecule has 0 aliphatic carbocycles. The van der Waals surface area contributed by atoms with Gasteiger partial charge in [0.2, 0.25) is 0 Å². The Hall–Kier alpha value is -2.71. The average molecular weight is 432 g/mol. The van der Waals surface area contributed by atoms with Crippen LogP contribution >= 0.6 is 24.0 Å². The molecule has 29 heavy (non-hydrogen) atoms. The first-order valence-electron chi connectivity index (χ1n) is 8.92. The lowest BCUT2D eigenvalue weighted by Gasteiger charge is -2.13. The van der Waals surface area contributed by atoms with Crippen LogP contribution in [0, 0.1) is 0 Å². The van der Waals surface area contributed by atoms with Gasteiger partial charge in [0.15, 0.2) is 23.0 Å². The second kappa shape index (κ2) is 10.2. The van der Waals surface area contributed by atoms with E-state index in [0.717, 1.165) is 5.56 Å². The number of carbonyl (C=O) groups excluding carboxylic acids is 1. The normalized spacial score (nSPS) is 14.6. The Kier molecular flexibility index (Phi) is 7.37. The highest BCUT2D eigenvalue weighted by Crippen LogP contribution is 2.32. The molecule has 8 heteroatoms. The highest BCUT2D eigenvalue weighted by atomic mass is 32.2. The van der Waals surface area contributed by atoms with Crippen LogP contribution in [0.3, 0.4) is 0 Å². The van der Waals surface area contributed by atoms with E-state index in [2.05, 4.69) is 5.32 Å². The van der Waals surface area contributed by atoms with Gasteiger partial charge in [0.1, 0.15) is 4.32 Å². The van der Waals surface area contributed by atoms with Crippen LogP contribution in [-0.2, 0) is 4.79 Å². The first kappa shape index (κ1) is 21.0. The van der Waals surface area contributed by atoms with Gasteiger partial charge in [-0.05, 0) is 35.9 Å². The average Bonchev–Trinajstić information content (AvgIpc) is 3.05. The van der Waals surface area contributed by atoms with Crippen LogP contribution in [0.15, 0.2) is 47.4 Å². The minimum atomic E-state index is -0.186. The maximum atomic E-state index is 11.8. The Morgan fingerprint density at radius 3 is 2.24 bits per heavy atom. The topological polar surface area (TPSA) is 66.0 Å². The van der Waals surface area contributed by atoms with Crippen LogP contribution in [0.1, 0.15) is 12.0 Å². The van der Waals surface area contributed by atoms with Crippen LogP contribution in [0.5, 0.6) is 23.0 Å². The maximum absolute atomic E-state index is 11.8. The molecule has 152 valence electrons. The summed E-state index contributed by atoms with van der Waals surface area (Å²) in [6.07, 6.45) is 2.47. The van der Waals surface area contributed by atoms with Crippen LogP contribution in [0.25, 0.3) is 6.08 Å². The number of para-hydroxylation sites is 2. The summed E-state index contributed by atoms with van der Waals surface area (Å²) in [5.41, 5.74) is 0.830. The summed E-state index contributed by atoms with van der Waals surface area (Å²) in [5.74, 6) is 2.45. The number of hydrogen-bond acceptors (Lipinski definition) is 7. The Bertz CT molecular complexity index is 929. The number of nitrogens with one attached hydrogen (secondary N) is 1. The zero-order chi connectivity index (χ0) is 20.6. The van der Waals surface area contributed by atoms with E-state index in [1.54, 1.807) is 20.3 Å². The SMILES string of the molecule is COc1ccccc1OCCCOc1ccc(C=C2SC(=S)NC2=O)cc1OC. The van der Waals surface area contributed by atoms with E-state index in [1.807, 2.05) is 42.5 Å². The van der Waals surface area contributed by atoms with Gasteiger partial charge in [-0.3, -0.25) is 4.79 Å². The third-order valence-electron chi connectivity index (χ3n) is 4.00. The van der Waals surface area contributed by atoms with Gasteiger partial charge in [0.25, 0.3) is 5.91 Å². The Morgan fingerprint density at radius 2 is 1.62 bits per heavy atom. The van der Waals surface area contributed by atoms with Crippen LogP contribution in [-0.4, -0.2) is 37.7 Å². The van der Waals surface area contributed by atoms with Gasteiger partial charge in [-0.1, -0.05) is 42.2 Å². The molecule has 2 aromatic carbocycles. The van der Waals surface area contributed by atoms with Gasteiger partial charge in [-0.2, -0.15) is 0 Å². The number of thioether (sulfide) groups is 1. The number of benzene rings is 2. The number of amides is 1. The summed E-state index contributed by atoms with van der Waals surface area (Å²) in [4.78, 5) is 12.3. The van der Waals surface area contributed by atoms with Crippen molar-refractivity contribution in [3.8, 4) is 23.0 Å². The highest BCUT2D eigenvalue weighted by molar-refractivity contribution is 8.26. The molecule has 0 aromatic heterocycles. The minimum Gasteiger partial charge on any atom is -0.493 e. The van der Waals surface area contributed by atoms with Crippen molar-refractivity contribution in [2.24, 2.45) is 0 Å². The molecule has 1 aliphatic rings. The number of thiocarbonyl (C=S) groups is 1. The molecule has 1 amide bonds. The lowest BCUT2D eigenvalue weighted by atomic mass is 10.2. The van der Waals surface area contributed by atoms with Crippen molar-refractivity contribution in [3.63, 3.8) is 0 Å². The molecule has 0 radical (unpaired) electrons. The van der Waals surface area contributed by atoms with E-state index in [-0.39, 0.29) is 5.91 Å². The number of carbonyl (C=O) groups is 1. The molecule has 2 aromatic rings. The summed E-state index contributed by atoms with van der Waals surface area (Å²) in [6.45, 7) is 0.970. The highest BCUT2D eigenvalue weighted by Gasteiger charge is 2.22. The van der Waals surface area contributed by atoms with Crippen molar-refractivity contribution in [1.82, 2.24) is 5.32 Å². The van der Waals surface area contributed by atoms with Gasteiger partial charge >= 0.3 is 0 Å². The Morgan fingerprint density at radius 1 is 0.966 bits per heavy atom. The molecule has 0 atom stereocenters. The molecule has 1 N–H and O–H groups in total. The Labute approximate surface area is 179 Å². The fourth-order valence-corrected chi connectivity index (χ4v) is 3.67. The van der Waals surface area contributed by atoms with Gasteiger partial charge in [-0.25, -0.2) is 0 Å². The zero-order valence-corrected chi connectivity index (χ0v) is 17.7. The third kappa shape index (κ3) is 5.65. The summed E-state index contributed by atoms with van der Waals surface area (Å²) < 4.78 is 22.7. The molecular formula is C21H21NO5S2. The van der Waals surface area contributed by atoms with E-state index >= 15 is 0 Å². The van der Waals surface area contributed by atoms with Crippen molar-refractivity contribution >= 4 is 40.3 Å². The van der Waals surface area contributed by atoms with Crippen molar-refractivity contribution in [2.75, 3.05) is 27.4 Å². The summed E-state index contributed by atoms with van der Waals surface area (Å²) in [6, 6.07) is 13.0. The van der Waals surface area contributed by atoms with Crippen molar-refractivity contribution in [2.45, 2.75) is 6.42 Å². The first-order valence-corrected chi connectivity index (χ1v) is 10.1. The fourth-order valence-electron chi connectivity index (χ4n) is 2.63. The van der Waals surface area contributed by atoms with Gasteiger partial charge in [-0.15, -0.1) is 0 Å². The molecule has 0 bridgehead atoms. The molecule has 6 nitrogen and oxygen atoms in total. The second-order valence-corrected chi connectivity index (χ2v) is 7.68. The van der Waals surface area contributed by atoms with Crippen molar-refractivity contribution in [3.05, 3.63) is 52.9 Å². The number of ether oxygens (including phenoxy) is 4. The van der Waals surface area contributed by atoms with Crippen LogP contribution in [0.4, 0.5) is 0 Å². The van der Waals surface area contributed by atoms with Crippen molar-refractivity contribution in [1.29, 1.82) is 0 Å². The monoisotopic (exact) mass is 431 g/mol. The zero-order valence-electron chi connectivity index (χ0n) is 16.1. The van der Waals surface area contributed by atoms with Gasteiger partial charge < -0.3 is 24.3 Å². The quantitative estimate of drug-likeness (QED) is 0.365. The molecule has 1 heterocycles. The lowest BCUT2D eigenvalue weighted by Crippen LogP contribution is -2.17. The number of methoxy groups -OCH3 is 2. The maximum Gasteiger partial charge on any atom is 0.263 e. The smallest absolute Gasteiger partial charge is 0.263 e. The van der Waals surface area contributed by atoms with E-state index < -0.39 is 0 Å². The molecule has 0 unspecified atom stereocenters. The largest absolute Gasteiger partial charge is 0.493 e. The van der Waals surface area contributed by atoms with Gasteiger partial charge in [0, 0.05) is 6.42 Å². The molecule has 0 saturated carbocycles. The van der Waals surface area contributed by atoms with E-state index in [4.69, 9.17) is 31.2 Å². The predicted molar refractivity (Wildman–Crippen MR) is 118 cm³/mol. The lowest BCUT2D eigenvalue weighted by molar-refractivity contribution is -0.115. The van der Waals surface area contributed by atoms with E-state index in [9.17, 15) is 4.79 Å². The third-order valence-corrected chi connectivity index (χ3v) is 5.16. The molecule has 1 saturated heterocycles. The predicted octanol–water partition coefficient (Wildman–Crippen LogP) is 4.04. The van der Waals surface area contributed by atoms with E-state index in [0.29, 0.717) is 51.9 Å². The summed E-state index contributed by atoms with van der Waals surface area (Å²) in [5, 5.41) is 2.60. The van der Waals surface area contributed by atoms with Crippen LogP contribution in [0.2, 0.25) is 0 Å². The number of rotatable bonds is 9. The van der Waals surface area contributed by atoms with E-state index in [1.165, 1.54) is 11.8 Å². The fraction of sp³-hybridized carbons (Fsp3) is 0.238. The first-order chi connectivity index (χ1) is 14.1. The summed E-state index contributed by atoms with van der Waals surface area (Å²) in [7, 11) is 3.19. The molecule has 0 spiro atoms. The number of hydrogen-bond donors (Lipinski definition) is 1. The minimum absolute atomic E-state index is 0.186. The Balaban J connectivity index is 1.54. The second-order valence-electron chi connectivity index (χ2n) is 5.96. The van der Waals surface area contributed by atoms with Gasteiger partial charge in [0.05, 0.1) is 32.3 Å².